The molecule has 1 heterocycles. The van der Waals surface area contributed by atoms with Crippen LogP contribution in [-0.4, -0.2) is 20.3 Å². The number of hydrogen-bond acceptors (Lipinski definition) is 3. The fourth-order valence-electron chi connectivity index (χ4n) is 2.84. The number of halogens is 1. The van der Waals surface area contributed by atoms with Crippen LogP contribution in [0.3, 0.4) is 0 Å². The molecule has 2 rings (SSSR count). The normalized spacial score (nSPS) is 16.1. The van der Waals surface area contributed by atoms with Gasteiger partial charge >= 0.3 is 0 Å². The van der Waals surface area contributed by atoms with Gasteiger partial charge in [0.05, 0.1) is 13.2 Å². The molecule has 20 heavy (non-hydrogen) atoms. The lowest BCUT2D eigenvalue weighted by molar-refractivity contribution is 0.296. The smallest absolute Gasteiger partial charge is 0.162 e. The minimum atomic E-state index is 0.330. The fraction of sp³-hybridized carbons (Fsp3) is 0.625. The maximum Gasteiger partial charge on any atom is 0.162 e. The average molecular weight is 342 g/mol. The Morgan fingerprint density at radius 1 is 1.15 bits per heavy atom. The molecule has 3 nitrogen and oxygen atoms in total. The highest BCUT2D eigenvalue weighted by atomic mass is 79.9. The van der Waals surface area contributed by atoms with E-state index in [9.17, 15) is 0 Å². The predicted molar refractivity (Wildman–Crippen MR) is 85.6 cm³/mol. The molecule has 1 N–H and O–H groups in total. The topological polar surface area (TPSA) is 30.5 Å². The number of hydrogen-bond donors (Lipinski definition) is 1. The van der Waals surface area contributed by atoms with Crippen molar-refractivity contribution in [2.45, 2.75) is 39.2 Å². The molecule has 0 fully saturated rings. The number of benzene rings is 1. The maximum atomic E-state index is 5.81. The molecule has 0 saturated heterocycles. The second kappa shape index (κ2) is 7.32. The summed E-state index contributed by atoms with van der Waals surface area (Å²) >= 11 is 3.69. The monoisotopic (exact) mass is 341 g/mol. The summed E-state index contributed by atoms with van der Waals surface area (Å²) in [7, 11) is 2.03. The van der Waals surface area contributed by atoms with Gasteiger partial charge in [-0.15, -0.1) is 0 Å². The third-order valence-corrected chi connectivity index (χ3v) is 4.72. The number of ether oxygens (including phenoxy) is 2. The lowest BCUT2D eigenvalue weighted by Crippen LogP contribution is -2.25. The van der Waals surface area contributed by atoms with E-state index in [0.717, 1.165) is 48.4 Å². The lowest BCUT2D eigenvalue weighted by atomic mass is 9.89. The van der Waals surface area contributed by atoms with Crippen LogP contribution in [0.2, 0.25) is 0 Å². The number of rotatable bonds is 5. The summed E-state index contributed by atoms with van der Waals surface area (Å²) < 4.78 is 12.6. The van der Waals surface area contributed by atoms with Crippen LogP contribution in [0.15, 0.2) is 16.6 Å². The zero-order valence-electron chi connectivity index (χ0n) is 12.5. The van der Waals surface area contributed by atoms with Crippen molar-refractivity contribution >= 4 is 15.9 Å². The molecule has 1 aromatic rings. The van der Waals surface area contributed by atoms with E-state index >= 15 is 0 Å². The van der Waals surface area contributed by atoms with Crippen molar-refractivity contribution in [2.24, 2.45) is 5.92 Å². The first-order chi connectivity index (χ1) is 9.71. The molecular formula is C16H24BrNO2. The van der Waals surface area contributed by atoms with Crippen LogP contribution >= 0.6 is 15.9 Å². The van der Waals surface area contributed by atoms with E-state index in [4.69, 9.17) is 9.47 Å². The molecule has 1 aliphatic rings. The molecule has 1 aliphatic heterocycles. The van der Waals surface area contributed by atoms with E-state index in [-0.39, 0.29) is 0 Å². The highest BCUT2D eigenvalue weighted by molar-refractivity contribution is 9.10. The van der Waals surface area contributed by atoms with E-state index in [2.05, 4.69) is 41.2 Å². The van der Waals surface area contributed by atoms with Gasteiger partial charge < -0.3 is 14.8 Å². The lowest BCUT2D eigenvalue weighted by Gasteiger charge is -2.27. The Labute approximate surface area is 130 Å². The molecule has 0 bridgehead atoms. The van der Waals surface area contributed by atoms with Crippen molar-refractivity contribution in [1.82, 2.24) is 5.32 Å². The second-order valence-electron chi connectivity index (χ2n) is 5.21. The molecule has 4 heteroatoms. The van der Waals surface area contributed by atoms with Crippen molar-refractivity contribution in [3.05, 3.63) is 22.2 Å². The van der Waals surface area contributed by atoms with Gasteiger partial charge in [-0.25, -0.2) is 0 Å². The van der Waals surface area contributed by atoms with Crippen LogP contribution in [0, 0.1) is 5.92 Å². The van der Waals surface area contributed by atoms with Gasteiger partial charge in [-0.1, -0.05) is 42.6 Å². The standard InChI is InChI=1S/C16H24BrNO2/c1-4-11(5-2)16(18-3)12-9-14-15(10-13(12)17)20-8-6-7-19-14/h9-11,16,18H,4-8H2,1-3H3. The van der Waals surface area contributed by atoms with Crippen molar-refractivity contribution in [2.75, 3.05) is 20.3 Å². The maximum absolute atomic E-state index is 5.81. The highest BCUT2D eigenvalue weighted by Crippen LogP contribution is 2.40. The van der Waals surface area contributed by atoms with Gasteiger partial charge in [0.15, 0.2) is 11.5 Å². The van der Waals surface area contributed by atoms with E-state index < -0.39 is 0 Å². The predicted octanol–water partition coefficient (Wildman–Crippen LogP) is 4.31. The average Bonchev–Trinajstić information content (AvgIpc) is 2.69. The van der Waals surface area contributed by atoms with Crippen molar-refractivity contribution in [1.29, 1.82) is 0 Å². The van der Waals surface area contributed by atoms with Gasteiger partial charge in [-0.05, 0) is 30.7 Å². The molecule has 112 valence electrons. The van der Waals surface area contributed by atoms with Crippen LogP contribution < -0.4 is 14.8 Å². The molecule has 0 radical (unpaired) electrons. The summed E-state index contributed by atoms with van der Waals surface area (Å²) in [5.41, 5.74) is 1.26. The van der Waals surface area contributed by atoms with Crippen molar-refractivity contribution in [3.63, 3.8) is 0 Å². The van der Waals surface area contributed by atoms with Gasteiger partial charge in [-0.3, -0.25) is 0 Å². The van der Waals surface area contributed by atoms with Crippen LogP contribution in [0.4, 0.5) is 0 Å². The minimum Gasteiger partial charge on any atom is -0.490 e. The van der Waals surface area contributed by atoms with Gasteiger partial charge in [0.25, 0.3) is 0 Å². The van der Waals surface area contributed by atoms with Crippen molar-refractivity contribution < 1.29 is 9.47 Å². The molecule has 0 aliphatic carbocycles. The summed E-state index contributed by atoms with van der Waals surface area (Å²) in [5.74, 6) is 2.32. The molecular weight excluding hydrogens is 318 g/mol. The van der Waals surface area contributed by atoms with Gasteiger partial charge in [0.2, 0.25) is 0 Å². The van der Waals surface area contributed by atoms with E-state index in [1.807, 2.05) is 13.1 Å². The van der Waals surface area contributed by atoms with E-state index in [1.165, 1.54) is 5.56 Å². The summed E-state index contributed by atoms with van der Waals surface area (Å²) in [6, 6.07) is 4.50. The fourth-order valence-corrected chi connectivity index (χ4v) is 3.41. The zero-order valence-corrected chi connectivity index (χ0v) is 14.1. The van der Waals surface area contributed by atoms with Gasteiger partial charge in [-0.2, -0.15) is 0 Å². The van der Waals surface area contributed by atoms with E-state index in [1.54, 1.807) is 0 Å². The Morgan fingerprint density at radius 3 is 2.30 bits per heavy atom. The quantitative estimate of drug-likeness (QED) is 0.865. The SMILES string of the molecule is CCC(CC)C(NC)c1cc2c(cc1Br)OCCCO2. The molecule has 1 atom stereocenters. The Morgan fingerprint density at radius 2 is 1.75 bits per heavy atom. The summed E-state index contributed by atoms with van der Waals surface area (Å²) in [4.78, 5) is 0. The van der Waals surface area contributed by atoms with Gasteiger partial charge in [0, 0.05) is 16.9 Å². The van der Waals surface area contributed by atoms with Crippen LogP contribution in [0.1, 0.15) is 44.7 Å². The molecule has 0 saturated carbocycles. The number of fused-ring (bicyclic) bond motifs is 1. The van der Waals surface area contributed by atoms with Crippen LogP contribution in [0.5, 0.6) is 11.5 Å². The summed E-state index contributed by atoms with van der Waals surface area (Å²) in [5, 5.41) is 3.46. The summed E-state index contributed by atoms with van der Waals surface area (Å²) in [6.45, 7) is 5.94. The summed E-state index contributed by atoms with van der Waals surface area (Å²) in [6.07, 6.45) is 3.25. The number of nitrogens with one attached hydrogen (secondary N) is 1. The molecule has 0 amide bonds. The van der Waals surface area contributed by atoms with Gasteiger partial charge in [0.1, 0.15) is 0 Å². The van der Waals surface area contributed by atoms with Crippen molar-refractivity contribution in [3.8, 4) is 11.5 Å². The second-order valence-corrected chi connectivity index (χ2v) is 6.07. The molecule has 0 aromatic heterocycles. The Balaban J connectivity index is 2.37. The Kier molecular flexibility index (Phi) is 5.73. The Bertz CT molecular complexity index is 446. The molecule has 0 spiro atoms. The Hall–Kier alpha value is -0.740. The third kappa shape index (κ3) is 3.29. The zero-order chi connectivity index (χ0) is 14.5. The van der Waals surface area contributed by atoms with E-state index in [0.29, 0.717) is 12.0 Å². The molecule has 1 aromatic carbocycles. The first-order valence-electron chi connectivity index (χ1n) is 7.47. The third-order valence-electron chi connectivity index (χ3n) is 4.03. The van der Waals surface area contributed by atoms with Crippen LogP contribution in [0.25, 0.3) is 0 Å². The first-order valence-corrected chi connectivity index (χ1v) is 8.26. The highest BCUT2D eigenvalue weighted by Gasteiger charge is 2.23. The minimum absolute atomic E-state index is 0.330. The first kappa shape index (κ1) is 15.6. The van der Waals surface area contributed by atoms with Crippen LogP contribution in [-0.2, 0) is 0 Å². The molecule has 1 unspecified atom stereocenters. The largest absolute Gasteiger partial charge is 0.490 e.